The zero-order chi connectivity index (χ0) is 11.1. The summed E-state index contributed by atoms with van der Waals surface area (Å²) in [5.74, 6) is -0.205. The molecule has 1 atom stereocenters. The molecule has 15 heavy (non-hydrogen) atoms. The molecule has 1 aromatic carbocycles. The third-order valence-corrected chi connectivity index (χ3v) is 3.12. The second-order valence-corrected chi connectivity index (χ2v) is 4.05. The van der Waals surface area contributed by atoms with E-state index >= 15 is 0 Å². The summed E-state index contributed by atoms with van der Waals surface area (Å²) >= 11 is 0. The van der Waals surface area contributed by atoms with E-state index in [0.29, 0.717) is 12.8 Å². The molecule has 2 rings (SSSR count). The highest BCUT2D eigenvalue weighted by Crippen LogP contribution is 2.32. The van der Waals surface area contributed by atoms with Crippen molar-refractivity contribution in [3.63, 3.8) is 0 Å². The molecule has 0 aromatic heterocycles. The van der Waals surface area contributed by atoms with Crippen molar-refractivity contribution in [1.29, 1.82) is 0 Å². The molecule has 1 aromatic rings. The van der Waals surface area contributed by atoms with Crippen molar-refractivity contribution in [3.05, 3.63) is 29.8 Å². The van der Waals surface area contributed by atoms with E-state index in [0.717, 1.165) is 11.3 Å². The van der Waals surface area contributed by atoms with Crippen LogP contribution in [0.2, 0.25) is 0 Å². The monoisotopic (exact) mass is 205 g/mol. The second kappa shape index (κ2) is 3.35. The first kappa shape index (κ1) is 10.2. The lowest BCUT2D eigenvalue weighted by Gasteiger charge is -2.37. The summed E-state index contributed by atoms with van der Waals surface area (Å²) in [7, 11) is 1.71. The van der Waals surface area contributed by atoms with E-state index < -0.39 is 5.60 Å². The molecule has 1 amide bonds. The van der Waals surface area contributed by atoms with E-state index in [1.165, 1.54) is 0 Å². The van der Waals surface area contributed by atoms with Crippen LogP contribution in [0.4, 0.5) is 5.69 Å². The van der Waals surface area contributed by atoms with Crippen molar-refractivity contribution in [1.82, 2.24) is 0 Å². The lowest BCUT2D eigenvalue weighted by Crippen LogP contribution is -2.52. The van der Waals surface area contributed by atoms with Crippen LogP contribution in [0.3, 0.4) is 0 Å². The Morgan fingerprint density at radius 2 is 2.13 bits per heavy atom. The fourth-order valence-corrected chi connectivity index (χ4v) is 2.08. The Kier molecular flexibility index (Phi) is 2.27. The summed E-state index contributed by atoms with van der Waals surface area (Å²) in [5.41, 5.74) is 0.716. The van der Waals surface area contributed by atoms with Crippen molar-refractivity contribution in [2.75, 3.05) is 11.9 Å². The van der Waals surface area contributed by atoms with Crippen LogP contribution in [0, 0.1) is 0 Å². The number of carbonyl (C=O) groups is 1. The van der Waals surface area contributed by atoms with Crippen LogP contribution >= 0.6 is 0 Å². The van der Waals surface area contributed by atoms with Gasteiger partial charge in [-0.3, -0.25) is 4.79 Å². The molecule has 1 N–H and O–H groups in total. The Morgan fingerprint density at radius 1 is 1.47 bits per heavy atom. The van der Waals surface area contributed by atoms with E-state index in [2.05, 4.69) is 0 Å². The zero-order valence-electron chi connectivity index (χ0n) is 9.03. The summed E-state index contributed by atoms with van der Waals surface area (Å²) in [6.45, 7) is 1.83. The number of likely N-dealkylation sites (N-methyl/N-ethyl adjacent to an activating group) is 1. The Hall–Kier alpha value is -1.35. The van der Waals surface area contributed by atoms with Gasteiger partial charge in [0.1, 0.15) is 5.60 Å². The molecule has 0 aliphatic carbocycles. The van der Waals surface area contributed by atoms with Gasteiger partial charge in [-0.15, -0.1) is 0 Å². The number of hydrogen-bond donors (Lipinski definition) is 1. The van der Waals surface area contributed by atoms with E-state index in [1.54, 1.807) is 11.9 Å². The van der Waals surface area contributed by atoms with E-state index in [-0.39, 0.29) is 5.91 Å². The van der Waals surface area contributed by atoms with Crippen LogP contribution in [-0.4, -0.2) is 23.7 Å². The van der Waals surface area contributed by atoms with Gasteiger partial charge in [-0.2, -0.15) is 0 Å². The number of nitrogens with zero attached hydrogens (tertiary/aromatic N) is 1. The van der Waals surface area contributed by atoms with Gasteiger partial charge in [-0.05, 0) is 18.1 Å². The molecule has 80 valence electrons. The molecule has 0 saturated heterocycles. The molecule has 0 fully saturated rings. The van der Waals surface area contributed by atoms with Gasteiger partial charge in [0.05, 0.1) is 0 Å². The van der Waals surface area contributed by atoms with Crippen molar-refractivity contribution in [3.8, 4) is 0 Å². The van der Waals surface area contributed by atoms with Crippen molar-refractivity contribution in [2.24, 2.45) is 0 Å². The topological polar surface area (TPSA) is 40.5 Å². The Bertz CT molecular complexity index is 402. The van der Waals surface area contributed by atoms with Gasteiger partial charge in [0.2, 0.25) is 0 Å². The first-order chi connectivity index (χ1) is 7.08. The van der Waals surface area contributed by atoms with Gasteiger partial charge in [-0.1, -0.05) is 25.1 Å². The largest absolute Gasteiger partial charge is 0.380 e. The van der Waals surface area contributed by atoms with Crippen LogP contribution in [0.1, 0.15) is 18.9 Å². The average molecular weight is 205 g/mol. The van der Waals surface area contributed by atoms with Crippen molar-refractivity contribution in [2.45, 2.75) is 25.4 Å². The minimum Gasteiger partial charge on any atom is -0.380 e. The maximum Gasteiger partial charge on any atom is 0.259 e. The number of aliphatic hydroxyl groups is 1. The van der Waals surface area contributed by atoms with Crippen LogP contribution in [0.5, 0.6) is 0 Å². The number of benzene rings is 1. The molecule has 0 saturated carbocycles. The van der Waals surface area contributed by atoms with Gasteiger partial charge in [0, 0.05) is 19.2 Å². The molecule has 1 aliphatic rings. The molecule has 1 heterocycles. The minimum absolute atomic E-state index is 0.205. The smallest absolute Gasteiger partial charge is 0.259 e. The van der Waals surface area contributed by atoms with E-state index in [9.17, 15) is 9.90 Å². The number of carbonyl (C=O) groups excluding carboxylic acids is 1. The highest BCUT2D eigenvalue weighted by Gasteiger charge is 2.41. The molecular formula is C12H15NO2. The predicted octanol–water partition coefficient (Wildman–Crippen LogP) is 1.35. The quantitative estimate of drug-likeness (QED) is 0.751. The number of fused-ring (bicyclic) bond motifs is 1. The molecule has 3 heteroatoms. The van der Waals surface area contributed by atoms with E-state index in [1.807, 2.05) is 31.2 Å². The first-order valence-electron chi connectivity index (χ1n) is 5.17. The molecule has 0 bridgehead atoms. The highest BCUT2D eigenvalue weighted by molar-refractivity contribution is 6.01. The van der Waals surface area contributed by atoms with Crippen LogP contribution in [-0.2, 0) is 11.2 Å². The average Bonchev–Trinajstić information content (AvgIpc) is 2.26. The molecule has 0 radical (unpaired) electrons. The number of hydrogen-bond acceptors (Lipinski definition) is 2. The SMILES string of the molecule is CCC1(O)Cc2ccccc2N(C)C1=O. The summed E-state index contributed by atoms with van der Waals surface area (Å²) in [6.07, 6.45) is 0.868. The van der Waals surface area contributed by atoms with Crippen LogP contribution in [0.25, 0.3) is 0 Å². The molecule has 3 nitrogen and oxygen atoms in total. The van der Waals surface area contributed by atoms with Gasteiger partial charge >= 0.3 is 0 Å². The minimum atomic E-state index is -1.22. The summed E-state index contributed by atoms with van der Waals surface area (Å²) in [6, 6.07) is 7.69. The Labute approximate surface area is 89.3 Å². The first-order valence-corrected chi connectivity index (χ1v) is 5.17. The standard InChI is InChI=1S/C12H15NO2/c1-3-12(15)8-9-6-4-5-7-10(9)13(2)11(12)14/h4-7,15H,3,8H2,1-2H3. The van der Waals surface area contributed by atoms with Gasteiger partial charge in [0.25, 0.3) is 5.91 Å². The second-order valence-electron chi connectivity index (χ2n) is 4.05. The van der Waals surface area contributed by atoms with Crippen molar-refractivity contribution < 1.29 is 9.90 Å². The van der Waals surface area contributed by atoms with Gasteiger partial charge in [-0.25, -0.2) is 0 Å². The summed E-state index contributed by atoms with van der Waals surface area (Å²) in [5, 5.41) is 10.2. The van der Waals surface area contributed by atoms with Crippen LogP contribution in [0.15, 0.2) is 24.3 Å². The molecule has 1 aliphatic heterocycles. The van der Waals surface area contributed by atoms with Gasteiger partial charge in [0.15, 0.2) is 0 Å². The molecule has 0 spiro atoms. The third-order valence-electron chi connectivity index (χ3n) is 3.12. The maximum atomic E-state index is 11.9. The highest BCUT2D eigenvalue weighted by atomic mass is 16.3. The third kappa shape index (κ3) is 1.43. The maximum absolute atomic E-state index is 11.9. The lowest BCUT2D eigenvalue weighted by molar-refractivity contribution is -0.137. The summed E-state index contributed by atoms with van der Waals surface area (Å²) in [4.78, 5) is 13.5. The normalized spacial score (nSPS) is 25.3. The number of amides is 1. The molecular weight excluding hydrogens is 190 g/mol. The van der Waals surface area contributed by atoms with Gasteiger partial charge < -0.3 is 10.0 Å². The molecule has 1 unspecified atom stereocenters. The van der Waals surface area contributed by atoms with Crippen LogP contribution < -0.4 is 4.90 Å². The van der Waals surface area contributed by atoms with Crippen molar-refractivity contribution >= 4 is 11.6 Å². The Balaban J connectivity index is 2.50. The fourth-order valence-electron chi connectivity index (χ4n) is 2.08. The lowest BCUT2D eigenvalue weighted by atomic mass is 9.86. The number of anilines is 1. The Morgan fingerprint density at radius 3 is 2.80 bits per heavy atom. The zero-order valence-corrected chi connectivity index (χ0v) is 9.03. The predicted molar refractivity (Wildman–Crippen MR) is 58.8 cm³/mol. The summed E-state index contributed by atoms with van der Waals surface area (Å²) < 4.78 is 0. The fraction of sp³-hybridized carbons (Fsp3) is 0.417. The number of rotatable bonds is 1. The number of para-hydroxylation sites is 1. The van der Waals surface area contributed by atoms with E-state index in [4.69, 9.17) is 0 Å².